The summed E-state index contributed by atoms with van der Waals surface area (Å²) >= 11 is 0. The number of nitrogens with zero attached hydrogens (tertiary/aromatic N) is 2. The van der Waals surface area contributed by atoms with Crippen LogP contribution >= 0.6 is 0 Å². The Hall–Kier alpha value is -2.84. The number of carbonyl (C=O) groups is 2. The lowest BCUT2D eigenvalue weighted by Crippen LogP contribution is -2.36. The van der Waals surface area contributed by atoms with Crippen molar-refractivity contribution in [1.29, 1.82) is 0 Å². The molecule has 23 heavy (non-hydrogen) atoms. The quantitative estimate of drug-likeness (QED) is 0.618. The number of fused-ring (bicyclic) bond motifs is 1. The van der Waals surface area contributed by atoms with Gasteiger partial charge in [0, 0.05) is 12.6 Å². The van der Waals surface area contributed by atoms with E-state index in [1.54, 1.807) is 6.92 Å². The fraction of sp³-hybridized carbons (Fsp3) is 0.429. The second-order valence-corrected chi connectivity index (χ2v) is 4.89. The molecule has 0 unspecified atom stereocenters. The van der Waals surface area contributed by atoms with Crippen molar-refractivity contribution in [2.75, 3.05) is 26.3 Å². The van der Waals surface area contributed by atoms with Crippen molar-refractivity contribution in [3.8, 4) is 11.5 Å². The Bertz CT molecular complexity index is 644. The van der Waals surface area contributed by atoms with E-state index in [1.165, 1.54) is 6.07 Å². The molecule has 0 saturated carbocycles. The number of hydrogen-bond acceptors (Lipinski definition) is 6. The van der Waals surface area contributed by atoms with Gasteiger partial charge in [0.15, 0.2) is 11.5 Å². The molecule has 1 amide bonds. The molecule has 0 aliphatic carbocycles. The molecule has 0 fully saturated rings. The summed E-state index contributed by atoms with van der Waals surface area (Å²) in [6, 6.07) is 2.37. The van der Waals surface area contributed by atoms with Gasteiger partial charge in [-0.3, -0.25) is 19.7 Å². The molecule has 1 aliphatic heterocycles. The minimum absolute atomic E-state index is 0.177. The number of rotatable bonds is 6. The molecule has 0 atom stereocenters. The zero-order chi connectivity index (χ0) is 17.0. The Morgan fingerprint density at radius 3 is 2.43 bits per heavy atom. The van der Waals surface area contributed by atoms with Crippen LogP contribution in [0.25, 0.3) is 0 Å². The van der Waals surface area contributed by atoms with Crippen LogP contribution in [0.4, 0.5) is 5.69 Å². The van der Waals surface area contributed by atoms with E-state index in [-0.39, 0.29) is 36.8 Å². The van der Waals surface area contributed by atoms with Crippen molar-refractivity contribution in [3.63, 3.8) is 0 Å². The molecule has 0 radical (unpaired) electrons. The van der Waals surface area contributed by atoms with Gasteiger partial charge < -0.3 is 19.5 Å². The molecule has 1 heterocycles. The van der Waals surface area contributed by atoms with Crippen molar-refractivity contribution < 1.29 is 29.1 Å². The highest BCUT2D eigenvalue weighted by Gasteiger charge is 2.29. The van der Waals surface area contributed by atoms with Crippen LogP contribution in [0.5, 0.6) is 11.5 Å². The average molecular weight is 324 g/mol. The predicted octanol–water partition coefficient (Wildman–Crippen LogP) is 1.30. The molecule has 1 aromatic carbocycles. The molecule has 1 aliphatic rings. The van der Waals surface area contributed by atoms with Crippen LogP contribution in [0.2, 0.25) is 0 Å². The van der Waals surface area contributed by atoms with Gasteiger partial charge in [0.2, 0.25) is 0 Å². The van der Waals surface area contributed by atoms with Crippen LogP contribution in [0.3, 0.4) is 0 Å². The van der Waals surface area contributed by atoms with Crippen LogP contribution < -0.4 is 9.47 Å². The summed E-state index contributed by atoms with van der Waals surface area (Å²) in [4.78, 5) is 35.0. The van der Waals surface area contributed by atoms with Crippen molar-refractivity contribution in [2.45, 2.75) is 13.3 Å². The van der Waals surface area contributed by atoms with E-state index >= 15 is 0 Å². The van der Waals surface area contributed by atoms with Gasteiger partial charge >= 0.3 is 5.97 Å². The molecule has 2 rings (SSSR count). The van der Waals surface area contributed by atoms with E-state index in [1.807, 2.05) is 0 Å². The maximum absolute atomic E-state index is 12.5. The minimum atomic E-state index is -1.19. The molecule has 9 heteroatoms. The van der Waals surface area contributed by atoms with Gasteiger partial charge in [0.1, 0.15) is 25.3 Å². The number of nitro groups is 1. The zero-order valence-corrected chi connectivity index (χ0v) is 12.5. The van der Waals surface area contributed by atoms with Crippen molar-refractivity contribution in [1.82, 2.24) is 4.90 Å². The number of aliphatic carboxylic acids is 1. The Labute approximate surface area is 131 Å². The van der Waals surface area contributed by atoms with Gasteiger partial charge in [0.25, 0.3) is 11.6 Å². The summed E-state index contributed by atoms with van der Waals surface area (Å²) in [5.74, 6) is -1.48. The van der Waals surface area contributed by atoms with Crippen molar-refractivity contribution in [2.24, 2.45) is 0 Å². The first-order valence-corrected chi connectivity index (χ1v) is 7.03. The first-order valence-electron chi connectivity index (χ1n) is 7.03. The first-order chi connectivity index (χ1) is 10.9. The lowest BCUT2D eigenvalue weighted by atomic mass is 10.1. The summed E-state index contributed by atoms with van der Waals surface area (Å²) in [7, 11) is 0. The minimum Gasteiger partial charge on any atom is -0.486 e. The zero-order valence-electron chi connectivity index (χ0n) is 12.5. The Kier molecular flexibility index (Phi) is 4.99. The van der Waals surface area contributed by atoms with Gasteiger partial charge in [-0.1, -0.05) is 6.92 Å². The number of benzene rings is 1. The van der Waals surface area contributed by atoms with E-state index in [2.05, 4.69) is 0 Å². The lowest BCUT2D eigenvalue weighted by molar-refractivity contribution is -0.385. The lowest BCUT2D eigenvalue weighted by Gasteiger charge is -2.22. The summed E-state index contributed by atoms with van der Waals surface area (Å²) < 4.78 is 10.6. The second kappa shape index (κ2) is 6.95. The fourth-order valence-electron chi connectivity index (χ4n) is 2.26. The highest BCUT2D eigenvalue weighted by Crippen LogP contribution is 2.37. The smallest absolute Gasteiger partial charge is 0.323 e. The third kappa shape index (κ3) is 3.68. The number of carboxylic acids is 1. The maximum Gasteiger partial charge on any atom is 0.323 e. The van der Waals surface area contributed by atoms with E-state index in [9.17, 15) is 19.7 Å². The molecule has 124 valence electrons. The van der Waals surface area contributed by atoms with Gasteiger partial charge in [-0.25, -0.2) is 0 Å². The van der Waals surface area contributed by atoms with Gasteiger partial charge in [-0.2, -0.15) is 0 Å². The first kappa shape index (κ1) is 16.5. The van der Waals surface area contributed by atoms with Crippen LogP contribution in [-0.2, 0) is 4.79 Å². The molecule has 1 N–H and O–H groups in total. The average Bonchev–Trinajstić information content (AvgIpc) is 2.52. The highest BCUT2D eigenvalue weighted by molar-refractivity contribution is 6.00. The number of ether oxygens (including phenoxy) is 2. The van der Waals surface area contributed by atoms with E-state index < -0.39 is 29.0 Å². The van der Waals surface area contributed by atoms with Gasteiger partial charge in [-0.15, -0.1) is 0 Å². The summed E-state index contributed by atoms with van der Waals surface area (Å²) in [6.07, 6.45) is 0.525. The maximum atomic E-state index is 12.5. The Morgan fingerprint density at radius 2 is 1.91 bits per heavy atom. The van der Waals surface area contributed by atoms with Gasteiger partial charge in [0.05, 0.1) is 11.0 Å². The summed E-state index contributed by atoms with van der Waals surface area (Å²) in [5.41, 5.74) is -0.653. The number of amides is 1. The molecule has 0 bridgehead atoms. The van der Waals surface area contributed by atoms with E-state index in [0.29, 0.717) is 6.42 Å². The van der Waals surface area contributed by atoms with Crippen molar-refractivity contribution >= 4 is 17.6 Å². The van der Waals surface area contributed by atoms with Crippen LogP contribution in [0.1, 0.15) is 23.7 Å². The third-order valence-electron chi connectivity index (χ3n) is 3.19. The van der Waals surface area contributed by atoms with Crippen LogP contribution in [-0.4, -0.2) is 53.1 Å². The normalized spacial score (nSPS) is 12.6. The number of carboxylic acid groups (broad SMARTS) is 1. The molecule has 0 saturated heterocycles. The molecule has 0 spiro atoms. The fourth-order valence-corrected chi connectivity index (χ4v) is 2.26. The topological polar surface area (TPSA) is 119 Å². The predicted molar refractivity (Wildman–Crippen MR) is 77.9 cm³/mol. The molecular formula is C14H16N2O7. The second-order valence-electron chi connectivity index (χ2n) is 4.89. The van der Waals surface area contributed by atoms with E-state index in [0.717, 1.165) is 11.0 Å². The molecule has 0 aromatic heterocycles. The van der Waals surface area contributed by atoms with E-state index in [4.69, 9.17) is 14.6 Å². The monoisotopic (exact) mass is 324 g/mol. The SMILES string of the molecule is CCCN(CC(=O)O)C(=O)c1cc2c(cc1[N+](=O)[O-])OCCO2. The third-order valence-corrected chi connectivity index (χ3v) is 3.19. The van der Waals surface area contributed by atoms with Crippen LogP contribution in [0, 0.1) is 10.1 Å². The van der Waals surface area contributed by atoms with Crippen molar-refractivity contribution in [3.05, 3.63) is 27.8 Å². The number of nitro benzene ring substituents is 1. The summed E-state index contributed by atoms with van der Waals surface area (Å²) in [5, 5.41) is 20.1. The van der Waals surface area contributed by atoms with Gasteiger partial charge in [-0.05, 0) is 6.42 Å². The standard InChI is InChI=1S/C14H16N2O7/c1-2-3-15(8-13(17)18)14(19)9-6-11-12(23-5-4-22-11)7-10(9)16(20)21/h6-7H,2-5,8H2,1H3,(H,17,18). The number of hydrogen-bond donors (Lipinski definition) is 1. The largest absolute Gasteiger partial charge is 0.486 e. The number of carbonyl (C=O) groups excluding carboxylic acids is 1. The molecule has 1 aromatic rings. The Morgan fingerprint density at radius 1 is 1.30 bits per heavy atom. The molecule has 9 nitrogen and oxygen atoms in total. The summed E-state index contributed by atoms with van der Waals surface area (Å²) in [6.45, 7) is 1.96. The highest BCUT2D eigenvalue weighted by atomic mass is 16.6. The Balaban J connectivity index is 2.44. The van der Waals surface area contributed by atoms with Crippen LogP contribution in [0.15, 0.2) is 12.1 Å². The molecular weight excluding hydrogens is 308 g/mol.